The van der Waals surface area contributed by atoms with Crippen LogP contribution in [0.3, 0.4) is 0 Å². The molecule has 2 heterocycles. The fourth-order valence-electron chi connectivity index (χ4n) is 4.87. The molecule has 4 rings (SSSR count). The summed E-state index contributed by atoms with van der Waals surface area (Å²) in [4.78, 5) is 44.2. The second kappa shape index (κ2) is 9.62. The monoisotopic (exact) mass is 424 g/mol. The van der Waals surface area contributed by atoms with E-state index in [0.717, 1.165) is 31.2 Å². The Balaban J connectivity index is 1.25. The van der Waals surface area contributed by atoms with Crippen LogP contribution in [0, 0.1) is 12.8 Å². The first-order chi connectivity index (χ1) is 15.0. The van der Waals surface area contributed by atoms with Gasteiger partial charge in [-0.15, -0.1) is 0 Å². The topological polar surface area (TPSA) is 84.3 Å². The number of fused-ring (bicyclic) bond motifs is 1. The molecule has 166 valence electrons. The molecule has 2 aliphatic rings. The zero-order chi connectivity index (χ0) is 21.8. The summed E-state index contributed by atoms with van der Waals surface area (Å²) in [5.74, 6) is 0.453. The Hall–Kier alpha value is -2.70. The second-order valence-corrected chi connectivity index (χ2v) is 8.97. The Labute approximate surface area is 182 Å². The summed E-state index contributed by atoms with van der Waals surface area (Å²) in [6.45, 7) is 3.67. The van der Waals surface area contributed by atoms with E-state index in [1.54, 1.807) is 6.07 Å². The zero-order valence-electron chi connectivity index (χ0n) is 18.3. The molecule has 2 aromatic rings. The minimum Gasteiger partial charge on any atom is -0.353 e. The molecule has 1 saturated carbocycles. The molecule has 0 bridgehead atoms. The highest BCUT2D eigenvalue weighted by Crippen LogP contribution is 2.26. The van der Waals surface area contributed by atoms with Crippen molar-refractivity contribution in [3.05, 3.63) is 40.4 Å². The summed E-state index contributed by atoms with van der Waals surface area (Å²) in [5, 5.41) is 3.66. The fraction of sp³-hybridized carbons (Fsp3) is 0.583. The number of carbonyl (C=O) groups excluding carboxylic acids is 2. The molecule has 1 saturated heterocycles. The van der Waals surface area contributed by atoms with Crippen molar-refractivity contribution < 1.29 is 9.59 Å². The van der Waals surface area contributed by atoms with Gasteiger partial charge in [-0.05, 0) is 44.2 Å². The molecule has 0 atom stereocenters. The van der Waals surface area contributed by atoms with Crippen LogP contribution < -0.4 is 10.9 Å². The Bertz CT molecular complexity index is 1000. The van der Waals surface area contributed by atoms with Crippen molar-refractivity contribution in [3.63, 3.8) is 0 Å². The van der Waals surface area contributed by atoms with Crippen LogP contribution in [0.25, 0.3) is 10.9 Å². The average molecular weight is 425 g/mol. The van der Waals surface area contributed by atoms with Gasteiger partial charge in [0.1, 0.15) is 0 Å². The van der Waals surface area contributed by atoms with Gasteiger partial charge >= 0.3 is 0 Å². The Morgan fingerprint density at radius 1 is 1.10 bits per heavy atom. The molecule has 1 aliphatic heterocycles. The highest BCUT2D eigenvalue weighted by molar-refractivity contribution is 5.81. The predicted octanol–water partition coefficient (Wildman–Crippen LogP) is 2.78. The van der Waals surface area contributed by atoms with Crippen molar-refractivity contribution in [2.45, 2.75) is 70.9 Å². The van der Waals surface area contributed by atoms with Crippen LogP contribution >= 0.6 is 0 Å². The predicted molar refractivity (Wildman–Crippen MR) is 120 cm³/mol. The first-order valence-electron chi connectivity index (χ1n) is 11.6. The third kappa shape index (κ3) is 4.97. The van der Waals surface area contributed by atoms with Crippen molar-refractivity contribution in [2.75, 3.05) is 13.1 Å². The van der Waals surface area contributed by atoms with Crippen molar-refractivity contribution in [1.82, 2.24) is 19.8 Å². The lowest BCUT2D eigenvalue weighted by Crippen LogP contribution is -2.48. The zero-order valence-corrected chi connectivity index (χ0v) is 18.3. The lowest BCUT2D eigenvalue weighted by molar-refractivity contribution is -0.137. The number of piperidine rings is 1. The van der Waals surface area contributed by atoms with Gasteiger partial charge in [-0.1, -0.05) is 31.4 Å². The number of hydrogen-bond acceptors (Lipinski definition) is 4. The number of nitrogens with zero attached hydrogens (tertiary/aromatic N) is 3. The van der Waals surface area contributed by atoms with Gasteiger partial charge in [0.2, 0.25) is 11.8 Å². The normalized spacial score (nSPS) is 18.3. The number of nitrogens with one attached hydrogen (secondary N) is 1. The van der Waals surface area contributed by atoms with Gasteiger partial charge in [0.05, 0.1) is 17.2 Å². The van der Waals surface area contributed by atoms with E-state index in [1.807, 2.05) is 24.0 Å². The molecule has 31 heavy (non-hydrogen) atoms. The molecule has 1 aliphatic carbocycles. The smallest absolute Gasteiger partial charge is 0.261 e. The van der Waals surface area contributed by atoms with Gasteiger partial charge in [-0.2, -0.15) is 0 Å². The number of likely N-dealkylation sites (tertiary alicyclic amines) is 1. The van der Waals surface area contributed by atoms with Crippen LogP contribution in [0.5, 0.6) is 0 Å². The lowest BCUT2D eigenvalue weighted by atomic mass is 9.87. The Morgan fingerprint density at radius 2 is 1.84 bits per heavy atom. The van der Waals surface area contributed by atoms with Gasteiger partial charge in [-0.25, -0.2) is 4.98 Å². The summed E-state index contributed by atoms with van der Waals surface area (Å²) >= 11 is 0. The van der Waals surface area contributed by atoms with Crippen LogP contribution in [-0.4, -0.2) is 45.4 Å². The molecule has 1 aromatic heterocycles. The fourth-order valence-corrected chi connectivity index (χ4v) is 4.87. The maximum atomic E-state index is 12.7. The molecule has 7 heteroatoms. The Morgan fingerprint density at radius 3 is 2.58 bits per heavy atom. The standard InChI is InChI=1S/C24H32N4O3/c1-17-6-5-9-20-22(17)25-16-28(24(20)31)15-12-21(29)26-19-10-13-27(14-11-19)23(30)18-7-3-2-4-8-18/h5-6,9,16,18-19H,2-4,7-8,10-15H2,1H3,(H,26,29). The number of para-hydroxylation sites is 1. The van der Waals surface area contributed by atoms with E-state index in [0.29, 0.717) is 36.4 Å². The van der Waals surface area contributed by atoms with Crippen LogP contribution in [-0.2, 0) is 16.1 Å². The number of benzene rings is 1. The number of aromatic nitrogens is 2. The maximum Gasteiger partial charge on any atom is 0.261 e. The summed E-state index contributed by atoms with van der Waals surface area (Å²) in [5.41, 5.74) is 1.56. The molecule has 0 spiro atoms. The molecule has 1 N–H and O–H groups in total. The van der Waals surface area contributed by atoms with E-state index >= 15 is 0 Å². The quantitative estimate of drug-likeness (QED) is 0.800. The minimum absolute atomic E-state index is 0.0618. The first kappa shape index (κ1) is 21.5. The first-order valence-corrected chi connectivity index (χ1v) is 11.6. The van der Waals surface area contributed by atoms with E-state index in [1.165, 1.54) is 30.2 Å². The van der Waals surface area contributed by atoms with Crippen molar-refractivity contribution in [1.29, 1.82) is 0 Å². The SMILES string of the molecule is Cc1cccc2c(=O)n(CCC(=O)NC3CCN(C(=O)C4CCCCC4)CC3)cnc12. The average Bonchev–Trinajstić information content (AvgIpc) is 2.80. The highest BCUT2D eigenvalue weighted by Gasteiger charge is 2.29. The lowest BCUT2D eigenvalue weighted by Gasteiger charge is -2.35. The summed E-state index contributed by atoms with van der Waals surface area (Å²) in [6.07, 6.45) is 8.98. The van der Waals surface area contributed by atoms with Crippen LogP contribution in [0.15, 0.2) is 29.3 Å². The summed E-state index contributed by atoms with van der Waals surface area (Å²) < 4.78 is 1.51. The van der Waals surface area contributed by atoms with Crippen molar-refractivity contribution in [3.8, 4) is 0 Å². The highest BCUT2D eigenvalue weighted by atomic mass is 16.2. The third-order valence-electron chi connectivity index (χ3n) is 6.76. The van der Waals surface area contributed by atoms with Gasteiger partial charge in [-0.3, -0.25) is 19.0 Å². The van der Waals surface area contributed by atoms with Gasteiger partial charge < -0.3 is 10.2 Å². The van der Waals surface area contributed by atoms with Crippen LogP contribution in [0.2, 0.25) is 0 Å². The van der Waals surface area contributed by atoms with E-state index in [-0.39, 0.29) is 29.8 Å². The Kier molecular flexibility index (Phi) is 6.68. The third-order valence-corrected chi connectivity index (χ3v) is 6.76. The largest absolute Gasteiger partial charge is 0.353 e. The van der Waals surface area contributed by atoms with Crippen LogP contribution in [0.1, 0.15) is 56.9 Å². The number of aryl methyl sites for hydroxylation is 2. The maximum absolute atomic E-state index is 12.7. The molecule has 2 amide bonds. The molecule has 0 unspecified atom stereocenters. The van der Waals surface area contributed by atoms with E-state index < -0.39 is 0 Å². The van der Waals surface area contributed by atoms with E-state index in [2.05, 4.69) is 10.3 Å². The number of amides is 2. The van der Waals surface area contributed by atoms with Gasteiger partial charge in [0.25, 0.3) is 5.56 Å². The van der Waals surface area contributed by atoms with Crippen molar-refractivity contribution in [2.24, 2.45) is 5.92 Å². The molecular formula is C24H32N4O3. The van der Waals surface area contributed by atoms with E-state index in [4.69, 9.17) is 0 Å². The molecule has 2 fully saturated rings. The number of hydrogen-bond donors (Lipinski definition) is 1. The summed E-state index contributed by atoms with van der Waals surface area (Å²) in [6, 6.07) is 5.65. The molecule has 1 aromatic carbocycles. The second-order valence-electron chi connectivity index (χ2n) is 8.97. The van der Waals surface area contributed by atoms with Crippen LogP contribution in [0.4, 0.5) is 0 Å². The van der Waals surface area contributed by atoms with Gasteiger partial charge in [0.15, 0.2) is 0 Å². The molecular weight excluding hydrogens is 392 g/mol. The minimum atomic E-state index is -0.115. The number of carbonyl (C=O) groups is 2. The molecule has 0 radical (unpaired) electrons. The summed E-state index contributed by atoms with van der Waals surface area (Å²) in [7, 11) is 0. The van der Waals surface area contributed by atoms with Crippen molar-refractivity contribution >= 4 is 22.7 Å². The number of rotatable bonds is 5. The van der Waals surface area contributed by atoms with E-state index in [9.17, 15) is 14.4 Å². The van der Waals surface area contributed by atoms with Gasteiger partial charge in [0, 0.05) is 38.0 Å². The molecule has 7 nitrogen and oxygen atoms in total.